The fourth-order valence-corrected chi connectivity index (χ4v) is 1.54. The van der Waals surface area contributed by atoms with E-state index in [1.165, 1.54) is 0 Å². The fourth-order valence-electron chi connectivity index (χ4n) is 1.54. The average Bonchev–Trinajstić information content (AvgIpc) is 2.21. The Labute approximate surface area is 95.0 Å². The maximum absolute atomic E-state index is 2.24. The van der Waals surface area contributed by atoms with Crippen LogP contribution >= 0.6 is 12.4 Å². The minimum Gasteiger partial charge on any atom is -0.147 e. The third-order valence-corrected chi connectivity index (χ3v) is 2.22. The van der Waals surface area contributed by atoms with Crippen LogP contribution < -0.4 is 0 Å². The van der Waals surface area contributed by atoms with Crippen LogP contribution in [0, 0.1) is 0 Å². The Kier molecular flexibility index (Phi) is 5.94. The molecule has 0 bridgehead atoms. The molecule has 11 heteroatoms. The van der Waals surface area contributed by atoms with Crippen molar-refractivity contribution in [2.45, 2.75) is 11.4 Å². The highest BCUT2D eigenvalue weighted by Gasteiger charge is 2.26. The molecular formula is C2H3B10Cl. The van der Waals surface area contributed by atoms with Gasteiger partial charge in [0.15, 0.2) is 0 Å². The van der Waals surface area contributed by atoms with Crippen LogP contribution in [0.2, 0.25) is 11.4 Å². The standard InChI is InChI=1S/C2H2B10.ClH/c3-1(4-8-11-7-3)2-5-9-12-10-6-2;/h1-2H;1H. The first-order chi connectivity index (χ1) is 5.97. The molecular weight excluding hydrogens is 168 g/mol. The second kappa shape index (κ2) is 6.43. The summed E-state index contributed by atoms with van der Waals surface area (Å²) in [4.78, 5) is 0. The van der Waals surface area contributed by atoms with Crippen LogP contribution in [-0.4, -0.2) is 71.0 Å². The van der Waals surface area contributed by atoms with Gasteiger partial charge in [-0.05, 0) is 0 Å². The highest BCUT2D eigenvalue weighted by Crippen LogP contribution is 2.21. The highest BCUT2D eigenvalue weighted by atomic mass is 35.5. The molecule has 2 aliphatic heterocycles. The van der Waals surface area contributed by atoms with Crippen molar-refractivity contribution in [1.29, 1.82) is 0 Å². The molecule has 2 saturated heterocycles. The van der Waals surface area contributed by atoms with E-state index in [0.29, 0.717) is 11.4 Å². The Balaban J connectivity index is 0.000000845. The Morgan fingerprint density at radius 1 is 0.462 bits per heavy atom. The van der Waals surface area contributed by atoms with Crippen molar-refractivity contribution in [1.82, 2.24) is 0 Å². The van der Waals surface area contributed by atoms with Gasteiger partial charge in [0.25, 0.3) is 0 Å². The zero-order valence-electron chi connectivity index (χ0n) is 7.34. The van der Waals surface area contributed by atoms with Gasteiger partial charge < -0.3 is 0 Å². The Morgan fingerprint density at radius 2 is 0.769 bits per heavy atom. The molecule has 2 fully saturated rings. The molecule has 10 radical (unpaired) electrons. The van der Waals surface area contributed by atoms with E-state index in [1.54, 1.807) is 0 Å². The largest absolute Gasteiger partial charge is 0.147 e. The molecule has 0 aromatic carbocycles. The number of hydrogen-bond donors (Lipinski definition) is 0. The zero-order chi connectivity index (χ0) is 8.23. The van der Waals surface area contributed by atoms with Gasteiger partial charge in [-0.1, -0.05) is 0 Å². The maximum atomic E-state index is 2.24. The van der Waals surface area contributed by atoms with E-state index in [-0.39, 0.29) is 12.4 Å². The van der Waals surface area contributed by atoms with Gasteiger partial charge in [0.2, 0.25) is 0 Å². The molecule has 48 valence electrons. The van der Waals surface area contributed by atoms with Crippen molar-refractivity contribution in [2.24, 2.45) is 0 Å². The Morgan fingerprint density at radius 3 is 1.08 bits per heavy atom. The van der Waals surface area contributed by atoms with Gasteiger partial charge >= 0.3 is 0 Å². The average molecular weight is 171 g/mol. The van der Waals surface area contributed by atoms with Crippen LogP contribution in [0.25, 0.3) is 0 Å². The van der Waals surface area contributed by atoms with Gasteiger partial charge in [0.05, 0.1) is 0 Å². The van der Waals surface area contributed by atoms with Crippen LogP contribution in [0.3, 0.4) is 0 Å². The van der Waals surface area contributed by atoms with E-state index in [4.69, 9.17) is 0 Å². The van der Waals surface area contributed by atoms with Crippen molar-refractivity contribution >= 4 is 83.5 Å². The van der Waals surface area contributed by atoms with Gasteiger partial charge in [-0.3, -0.25) is 0 Å². The Bertz CT molecular complexity index is 113. The molecule has 0 spiro atoms. The molecule has 0 aromatic heterocycles. The molecule has 0 nitrogen and oxygen atoms in total. The van der Waals surface area contributed by atoms with Crippen LogP contribution in [-0.2, 0) is 0 Å². The third kappa shape index (κ3) is 3.53. The van der Waals surface area contributed by atoms with Gasteiger partial charge in [-0.25, -0.2) is 0 Å². The van der Waals surface area contributed by atoms with Gasteiger partial charge in [-0.15, -0.1) is 23.8 Å². The van der Waals surface area contributed by atoms with Crippen molar-refractivity contribution in [3.05, 3.63) is 0 Å². The smallest absolute Gasteiger partial charge is 0.0458 e. The van der Waals surface area contributed by atoms with Crippen LogP contribution in [0.15, 0.2) is 0 Å². The molecule has 13 heavy (non-hydrogen) atoms. The fraction of sp³-hybridized carbons (Fsp3) is 1.00. The van der Waals surface area contributed by atoms with E-state index in [0.717, 1.165) is 0 Å². The quantitative estimate of drug-likeness (QED) is 0.376. The number of rotatable bonds is 1. The molecule has 0 unspecified atom stereocenters. The first-order valence-electron chi connectivity index (χ1n) is 4.33. The highest BCUT2D eigenvalue weighted by molar-refractivity contribution is 7.60. The van der Waals surface area contributed by atoms with Gasteiger partial charge in [-0.2, -0.15) is 0 Å². The summed E-state index contributed by atoms with van der Waals surface area (Å²) in [5, 5.41) is 0. The summed E-state index contributed by atoms with van der Waals surface area (Å²) in [6, 6.07) is 0. The molecule has 0 atom stereocenters. The van der Waals surface area contributed by atoms with E-state index in [9.17, 15) is 0 Å². The summed E-state index contributed by atoms with van der Waals surface area (Å²) in [7, 11) is 21.6. The SMILES string of the molecule is Cl.[B]1[B][B]C(C2[B][B][B][B][B]2)[B][B]1. The molecule has 0 aromatic rings. The lowest BCUT2D eigenvalue weighted by Crippen LogP contribution is -2.46. The van der Waals surface area contributed by atoms with Crippen LogP contribution in [0.1, 0.15) is 0 Å². The minimum absolute atomic E-state index is 0. The predicted octanol–water partition coefficient (Wildman–Crippen LogP) is -2.71. The second-order valence-corrected chi connectivity index (χ2v) is 3.08. The van der Waals surface area contributed by atoms with Crippen molar-refractivity contribution in [3.63, 3.8) is 0 Å². The van der Waals surface area contributed by atoms with E-state index < -0.39 is 0 Å². The lowest BCUT2D eigenvalue weighted by Gasteiger charge is -2.31. The molecule has 0 amide bonds. The number of hydrogen-bond acceptors (Lipinski definition) is 0. The summed E-state index contributed by atoms with van der Waals surface area (Å²) in [6.07, 6.45) is 0. The van der Waals surface area contributed by atoms with Gasteiger partial charge in [0, 0.05) is 71.0 Å². The monoisotopic (exact) mass is 172 g/mol. The second-order valence-electron chi connectivity index (χ2n) is 3.08. The lowest BCUT2D eigenvalue weighted by atomic mass is 8.84. The zero-order valence-corrected chi connectivity index (χ0v) is 8.15. The number of halogens is 1. The van der Waals surface area contributed by atoms with Crippen molar-refractivity contribution in [2.75, 3.05) is 0 Å². The van der Waals surface area contributed by atoms with Gasteiger partial charge in [0.1, 0.15) is 0 Å². The lowest BCUT2D eigenvalue weighted by molar-refractivity contribution is 1.23. The van der Waals surface area contributed by atoms with Crippen LogP contribution in [0.4, 0.5) is 0 Å². The van der Waals surface area contributed by atoms with Crippen molar-refractivity contribution < 1.29 is 0 Å². The molecule has 2 aliphatic rings. The first kappa shape index (κ1) is 12.0. The summed E-state index contributed by atoms with van der Waals surface area (Å²) in [6.45, 7) is 0. The maximum Gasteiger partial charge on any atom is 0.0458 e. The molecule has 2 rings (SSSR count). The molecule has 0 aliphatic carbocycles. The molecule has 0 saturated carbocycles. The molecule has 0 N–H and O–H groups in total. The first-order valence-corrected chi connectivity index (χ1v) is 4.33. The summed E-state index contributed by atoms with van der Waals surface area (Å²) >= 11 is 0. The summed E-state index contributed by atoms with van der Waals surface area (Å²) < 4.78 is 0. The Hall–Kier alpha value is 0.939. The molecule has 2 heterocycles. The van der Waals surface area contributed by atoms with Crippen LogP contribution in [0.5, 0.6) is 0 Å². The van der Waals surface area contributed by atoms with E-state index in [1.807, 2.05) is 0 Å². The normalized spacial score (nSPS) is 20.6. The minimum atomic E-state index is 0. The third-order valence-electron chi connectivity index (χ3n) is 2.22. The summed E-state index contributed by atoms with van der Waals surface area (Å²) in [5.41, 5.74) is 1.10. The predicted molar refractivity (Wildman–Crippen MR) is 72.3 cm³/mol. The van der Waals surface area contributed by atoms with E-state index >= 15 is 0 Å². The van der Waals surface area contributed by atoms with E-state index in [2.05, 4.69) is 71.0 Å². The van der Waals surface area contributed by atoms with Crippen molar-refractivity contribution in [3.8, 4) is 0 Å². The topological polar surface area (TPSA) is 0 Å². The summed E-state index contributed by atoms with van der Waals surface area (Å²) in [5.74, 6) is 0.